The molecule has 8 nitrogen and oxygen atoms in total. The zero-order valence-electron chi connectivity index (χ0n) is 16.0. The van der Waals surface area contributed by atoms with Crippen molar-refractivity contribution in [2.75, 3.05) is 25.6 Å². The second-order valence-corrected chi connectivity index (χ2v) is 8.72. The van der Waals surface area contributed by atoms with Crippen molar-refractivity contribution < 1.29 is 28.7 Å². The number of hydrogen-bond acceptors (Lipinski definition) is 6. The zero-order chi connectivity index (χ0) is 21.6. The Labute approximate surface area is 182 Å². The van der Waals surface area contributed by atoms with Crippen molar-refractivity contribution in [2.24, 2.45) is 23.7 Å². The summed E-state index contributed by atoms with van der Waals surface area (Å²) in [5.41, 5.74) is 0.481. The molecule has 4 rings (SSSR count). The highest BCUT2D eigenvalue weighted by Crippen LogP contribution is 2.59. The minimum Gasteiger partial charge on any atom is -0.497 e. The molecule has 160 valence electrons. The van der Waals surface area contributed by atoms with Gasteiger partial charge in [-0.05, 0) is 30.4 Å². The minimum atomic E-state index is -0.838. The molecule has 0 aromatic heterocycles. The molecule has 30 heavy (non-hydrogen) atoms. The van der Waals surface area contributed by atoms with Crippen LogP contribution in [0.3, 0.4) is 0 Å². The lowest BCUT2D eigenvalue weighted by atomic mass is 9.80. The Morgan fingerprint density at radius 2 is 1.77 bits per heavy atom. The van der Waals surface area contributed by atoms with Crippen LogP contribution in [0.25, 0.3) is 0 Å². The quantitative estimate of drug-likeness (QED) is 0.398. The summed E-state index contributed by atoms with van der Waals surface area (Å²) in [6, 6.07) is 6.69. The lowest BCUT2D eigenvalue weighted by molar-refractivity contribution is -0.154. The fraction of sp³-hybridized carbons (Fsp3) is 0.500. The molecule has 1 saturated heterocycles. The van der Waals surface area contributed by atoms with Gasteiger partial charge in [0.05, 0.1) is 29.7 Å². The number of amides is 3. The fourth-order valence-corrected chi connectivity index (χ4v) is 5.68. The first-order valence-corrected chi connectivity index (χ1v) is 10.4. The second kappa shape index (κ2) is 8.07. The van der Waals surface area contributed by atoms with E-state index in [1.165, 1.54) is 7.11 Å². The number of hydrogen-bond donors (Lipinski definition) is 1. The molecule has 3 fully saturated rings. The van der Waals surface area contributed by atoms with E-state index in [1.807, 2.05) is 0 Å². The number of halogens is 2. The summed E-state index contributed by atoms with van der Waals surface area (Å²) in [5, 5.41) is 1.85. The molecule has 6 atom stereocenters. The van der Waals surface area contributed by atoms with Crippen LogP contribution >= 0.6 is 23.2 Å². The summed E-state index contributed by atoms with van der Waals surface area (Å²) in [6.45, 7) is -1.08. The molecule has 1 aromatic carbocycles. The third-order valence-corrected chi connectivity index (χ3v) is 7.40. The molecular weight excluding hydrogens is 435 g/mol. The molecule has 0 radical (unpaired) electrons. The average molecular weight is 455 g/mol. The molecule has 10 heteroatoms. The molecule has 0 spiro atoms. The number of esters is 1. The van der Waals surface area contributed by atoms with Crippen LogP contribution < -0.4 is 10.1 Å². The van der Waals surface area contributed by atoms with Gasteiger partial charge >= 0.3 is 5.97 Å². The topological polar surface area (TPSA) is 102 Å². The summed E-state index contributed by atoms with van der Waals surface area (Å²) in [5.74, 6) is -3.02. The van der Waals surface area contributed by atoms with E-state index in [-0.39, 0.29) is 22.6 Å². The number of carbonyl (C=O) groups is 4. The van der Waals surface area contributed by atoms with E-state index in [1.54, 1.807) is 24.3 Å². The SMILES string of the molecule is COc1cccc(NC(=O)COC(=O)CN2C(=O)[C@@H]3[C@H]4C[C@@H]([C@H](Cl)[C@H]4Cl)[C@H]3C2=O)c1. The van der Waals surface area contributed by atoms with E-state index in [0.717, 1.165) is 4.90 Å². The monoisotopic (exact) mass is 454 g/mol. The van der Waals surface area contributed by atoms with Crippen LogP contribution in [-0.4, -0.2) is 59.6 Å². The van der Waals surface area contributed by atoms with E-state index in [0.29, 0.717) is 17.9 Å². The minimum absolute atomic E-state index is 0.157. The first-order valence-electron chi connectivity index (χ1n) is 9.54. The maximum Gasteiger partial charge on any atom is 0.326 e. The van der Waals surface area contributed by atoms with Gasteiger partial charge in [0.1, 0.15) is 12.3 Å². The number of carbonyl (C=O) groups excluding carboxylic acids is 4. The molecule has 3 amide bonds. The second-order valence-electron chi connectivity index (χ2n) is 7.71. The molecule has 1 N–H and O–H groups in total. The van der Waals surface area contributed by atoms with Gasteiger partial charge in [-0.2, -0.15) is 0 Å². The highest BCUT2D eigenvalue weighted by Gasteiger charge is 2.66. The summed E-state index contributed by atoms with van der Waals surface area (Å²) in [6.07, 6.45) is 0.651. The van der Waals surface area contributed by atoms with Gasteiger partial charge in [0.15, 0.2) is 6.61 Å². The van der Waals surface area contributed by atoms with Gasteiger partial charge in [-0.15, -0.1) is 23.2 Å². The van der Waals surface area contributed by atoms with Crippen molar-refractivity contribution in [3.05, 3.63) is 24.3 Å². The summed E-state index contributed by atoms with van der Waals surface area (Å²) in [4.78, 5) is 50.5. The molecule has 1 aromatic rings. The molecular formula is C20H20Cl2N2O6. The van der Waals surface area contributed by atoms with Gasteiger partial charge in [-0.3, -0.25) is 24.1 Å². The Morgan fingerprint density at radius 3 is 2.37 bits per heavy atom. The summed E-state index contributed by atoms with van der Waals surface area (Å²) < 4.78 is 10.0. The van der Waals surface area contributed by atoms with Gasteiger partial charge in [0, 0.05) is 11.8 Å². The van der Waals surface area contributed by atoms with Gasteiger partial charge in [-0.1, -0.05) is 6.07 Å². The maximum atomic E-state index is 12.7. The molecule has 2 aliphatic carbocycles. The maximum absolute atomic E-state index is 12.7. The van der Waals surface area contributed by atoms with Gasteiger partial charge in [0.2, 0.25) is 11.8 Å². The number of methoxy groups -OCH3 is 1. The van der Waals surface area contributed by atoms with Crippen LogP contribution in [0.4, 0.5) is 5.69 Å². The highest BCUT2D eigenvalue weighted by molar-refractivity contribution is 6.31. The summed E-state index contributed by atoms with van der Waals surface area (Å²) in [7, 11) is 1.50. The average Bonchev–Trinajstić information content (AvgIpc) is 3.33. The number of rotatable bonds is 6. The number of benzene rings is 1. The van der Waals surface area contributed by atoms with Crippen molar-refractivity contribution >= 4 is 52.6 Å². The van der Waals surface area contributed by atoms with Crippen LogP contribution in [-0.2, 0) is 23.9 Å². The lowest BCUT2D eigenvalue weighted by Crippen LogP contribution is -2.38. The third kappa shape index (κ3) is 3.52. The van der Waals surface area contributed by atoms with Gasteiger partial charge in [0.25, 0.3) is 5.91 Å². The van der Waals surface area contributed by atoms with Crippen LogP contribution in [0.2, 0.25) is 0 Å². The number of imide groups is 1. The molecule has 2 saturated carbocycles. The molecule has 2 bridgehead atoms. The van der Waals surface area contributed by atoms with Crippen molar-refractivity contribution in [1.82, 2.24) is 4.90 Å². The number of nitrogens with zero attached hydrogens (tertiary/aromatic N) is 1. The Kier molecular flexibility index (Phi) is 5.63. The van der Waals surface area contributed by atoms with Gasteiger partial charge < -0.3 is 14.8 Å². The van der Waals surface area contributed by atoms with Crippen molar-refractivity contribution in [3.8, 4) is 5.75 Å². The van der Waals surface area contributed by atoms with E-state index < -0.39 is 48.7 Å². The lowest BCUT2D eigenvalue weighted by Gasteiger charge is -2.28. The molecule has 1 aliphatic heterocycles. The number of nitrogens with one attached hydrogen (secondary N) is 1. The van der Waals surface area contributed by atoms with Gasteiger partial charge in [-0.25, -0.2) is 0 Å². The predicted octanol–water partition coefficient (Wildman–Crippen LogP) is 1.64. The fourth-order valence-electron chi connectivity index (χ4n) is 4.79. The van der Waals surface area contributed by atoms with E-state index in [2.05, 4.69) is 5.32 Å². The van der Waals surface area contributed by atoms with E-state index in [4.69, 9.17) is 32.7 Å². The van der Waals surface area contributed by atoms with Crippen molar-refractivity contribution in [3.63, 3.8) is 0 Å². The Bertz CT molecular complexity index is 877. The van der Waals surface area contributed by atoms with Crippen LogP contribution in [0.5, 0.6) is 5.75 Å². The normalized spacial score (nSPS) is 31.6. The smallest absolute Gasteiger partial charge is 0.326 e. The van der Waals surface area contributed by atoms with Crippen molar-refractivity contribution in [1.29, 1.82) is 0 Å². The van der Waals surface area contributed by atoms with Crippen LogP contribution in [0.1, 0.15) is 6.42 Å². The van der Waals surface area contributed by atoms with Crippen molar-refractivity contribution in [2.45, 2.75) is 17.2 Å². The Hall–Kier alpha value is -2.32. The molecule has 3 aliphatic rings. The number of anilines is 1. The largest absolute Gasteiger partial charge is 0.497 e. The van der Waals surface area contributed by atoms with Crippen LogP contribution in [0.15, 0.2) is 24.3 Å². The number of likely N-dealkylation sites (tertiary alicyclic amines) is 1. The third-order valence-electron chi connectivity index (χ3n) is 6.08. The zero-order valence-corrected chi connectivity index (χ0v) is 17.6. The van der Waals surface area contributed by atoms with E-state index >= 15 is 0 Å². The first-order chi connectivity index (χ1) is 14.3. The molecule has 1 heterocycles. The standard InChI is InChI=1S/C20H20Cl2N2O6/c1-29-10-4-2-3-9(5-10)23-13(25)8-30-14(26)7-24-19(27)15-11-6-12(16(15)20(24)28)18(22)17(11)21/h2-5,11-12,15-18H,6-8H2,1H3,(H,23,25)/t11-,12-,15-,16-,17+,18+/m1/s1. The number of alkyl halides is 2. The number of fused-ring (bicyclic) bond motifs is 5. The van der Waals surface area contributed by atoms with Crippen LogP contribution in [0, 0.1) is 23.7 Å². The number of ether oxygens (including phenoxy) is 2. The molecule has 0 unspecified atom stereocenters. The predicted molar refractivity (Wildman–Crippen MR) is 107 cm³/mol. The summed E-state index contributed by atoms with van der Waals surface area (Å²) >= 11 is 12.6. The first kappa shape index (κ1) is 20.9. The Balaban J connectivity index is 1.31. The Morgan fingerprint density at radius 1 is 1.13 bits per heavy atom. The highest BCUT2D eigenvalue weighted by atomic mass is 35.5. The van der Waals surface area contributed by atoms with E-state index in [9.17, 15) is 19.2 Å².